The zero-order valence-electron chi connectivity index (χ0n) is 12.2. The van der Waals surface area contributed by atoms with Crippen molar-refractivity contribution in [2.75, 3.05) is 0 Å². The Kier molecular flexibility index (Phi) is 3.66. The average molecular weight is 272 g/mol. The molecule has 21 heavy (non-hydrogen) atoms. The van der Waals surface area contributed by atoms with E-state index in [0.717, 1.165) is 34.3 Å². The molecular weight excluding hydrogens is 256 g/mol. The summed E-state index contributed by atoms with van der Waals surface area (Å²) in [4.78, 5) is 9.31. The van der Waals surface area contributed by atoms with E-state index in [0.29, 0.717) is 0 Å². The molecule has 0 atom stereocenters. The number of pyridine rings is 2. The van der Waals surface area contributed by atoms with E-state index in [2.05, 4.69) is 41.9 Å². The normalized spacial score (nSPS) is 10.2. The fraction of sp³-hybridized carbons (Fsp3) is 0.158. The second-order valence-corrected chi connectivity index (χ2v) is 4.82. The minimum absolute atomic E-state index is 0.878. The summed E-state index contributed by atoms with van der Waals surface area (Å²) in [6.07, 6.45) is 2.73. The van der Waals surface area contributed by atoms with Gasteiger partial charge in [0.25, 0.3) is 0 Å². The smallest absolute Gasteiger partial charge is 0.105 e. The number of fused-ring (bicyclic) bond motifs is 1. The lowest BCUT2D eigenvalue weighted by molar-refractivity contribution is 1.12. The molecule has 0 aliphatic carbocycles. The molecule has 0 saturated heterocycles. The van der Waals surface area contributed by atoms with E-state index in [-0.39, 0.29) is 0 Å². The van der Waals surface area contributed by atoms with Gasteiger partial charge >= 0.3 is 0 Å². The Balaban J connectivity index is 2.33. The molecule has 2 heterocycles. The van der Waals surface area contributed by atoms with Gasteiger partial charge in [-0.1, -0.05) is 43.2 Å². The molecule has 0 aliphatic rings. The minimum Gasteiger partial charge on any atom is -0.255 e. The molecule has 2 aromatic heterocycles. The highest BCUT2D eigenvalue weighted by Gasteiger charge is 2.10. The third-order valence-electron chi connectivity index (χ3n) is 3.48. The fourth-order valence-corrected chi connectivity index (χ4v) is 2.46. The fourth-order valence-electron chi connectivity index (χ4n) is 2.46. The number of aromatic nitrogens is 2. The molecule has 3 rings (SSSR count). The van der Waals surface area contributed by atoms with Crippen LogP contribution in [0.15, 0.2) is 48.7 Å². The number of nitrogens with zero attached hydrogens (tertiary/aromatic N) is 2. The molecule has 0 radical (unpaired) electrons. The summed E-state index contributed by atoms with van der Waals surface area (Å²) in [5, 5.41) is 0. The van der Waals surface area contributed by atoms with Gasteiger partial charge in [-0.3, -0.25) is 4.98 Å². The first-order valence-electron chi connectivity index (χ1n) is 7.10. The van der Waals surface area contributed by atoms with E-state index in [1.54, 1.807) is 6.20 Å². The predicted molar refractivity (Wildman–Crippen MR) is 86.9 cm³/mol. The van der Waals surface area contributed by atoms with Crippen molar-refractivity contribution in [3.63, 3.8) is 0 Å². The molecule has 0 unspecified atom stereocenters. The van der Waals surface area contributed by atoms with Gasteiger partial charge in [0, 0.05) is 11.8 Å². The second-order valence-electron chi connectivity index (χ2n) is 4.82. The van der Waals surface area contributed by atoms with Gasteiger partial charge in [-0.25, -0.2) is 4.98 Å². The Morgan fingerprint density at radius 3 is 2.62 bits per heavy atom. The monoisotopic (exact) mass is 272 g/mol. The number of rotatable bonds is 2. The summed E-state index contributed by atoms with van der Waals surface area (Å²) in [6, 6.07) is 14.3. The highest BCUT2D eigenvalue weighted by molar-refractivity contribution is 5.84. The number of hydrogen-bond acceptors (Lipinski definition) is 2. The maximum Gasteiger partial charge on any atom is 0.105 e. The molecule has 0 spiro atoms. The van der Waals surface area contributed by atoms with Crippen molar-refractivity contribution in [1.29, 1.82) is 0 Å². The standard InChI is InChI=1S/C19H16N2/c1-3-8-15-11-12-20-17-13-14(4-2)18(21-19(15)17)16-9-6-5-7-10-16/h5-7,9-13H,4H2,1-2H3. The van der Waals surface area contributed by atoms with E-state index in [1.807, 2.05) is 31.2 Å². The maximum atomic E-state index is 4.87. The quantitative estimate of drug-likeness (QED) is 0.652. The first kappa shape index (κ1) is 13.3. The molecule has 1 aromatic carbocycles. The molecule has 2 heteroatoms. The van der Waals surface area contributed by atoms with E-state index >= 15 is 0 Å². The molecule has 0 bridgehead atoms. The molecule has 102 valence electrons. The van der Waals surface area contributed by atoms with Crippen LogP contribution in [-0.2, 0) is 6.42 Å². The van der Waals surface area contributed by atoms with Crippen LogP contribution in [0.1, 0.15) is 25.0 Å². The van der Waals surface area contributed by atoms with Gasteiger partial charge in [0.2, 0.25) is 0 Å². The average Bonchev–Trinajstić information content (AvgIpc) is 2.55. The molecule has 0 saturated carbocycles. The number of benzene rings is 1. The van der Waals surface area contributed by atoms with Crippen molar-refractivity contribution in [3.05, 3.63) is 59.8 Å². The zero-order chi connectivity index (χ0) is 14.7. The number of aryl methyl sites for hydroxylation is 1. The topological polar surface area (TPSA) is 25.8 Å². The Morgan fingerprint density at radius 2 is 1.90 bits per heavy atom. The van der Waals surface area contributed by atoms with Crippen LogP contribution >= 0.6 is 0 Å². The maximum absolute atomic E-state index is 4.87. The van der Waals surface area contributed by atoms with Crippen LogP contribution in [0.4, 0.5) is 0 Å². The first-order valence-corrected chi connectivity index (χ1v) is 7.10. The Hall–Kier alpha value is -2.66. The molecule has 0 aliphatic heterocycles. The lowest BCUT2D eigenvalue weighted by Gasteiger charge is -2.10. The van der Waals surface area contributed by atoms with Gasteiger partial charge in [-0.2, -0.15) is 0 Å². The van der Waals surface area contributed by atoms with Crippen molar-refractivity contribution in [3.8, 4) is 23.1 Å². The van der Waals surface area contributed by atoms with Crippen LogP contribution < -0.4 is 0 Å². The van der Waals surface area contributed by atoms with Crippen LogP contribution in [-0.4, -0.2) is 9.97 Å². The van der Waals surface area contributed by atoms with Crippen molar-refractivity contribution in [2.24, 2.45) is 0 Å². The molecule has 3 aromatic rings. The molecule has 2 nitrogen and oxygen atoms in total. The second kappa shape index (κ2) is 5.76. The van der Waals surface area contributed by atoms with Crippen LogP contribution in [0, 0.1) is 11.8 Å². The summed E-state index contributed by atoms with van der Waals surface area (Å²) in [5.41, 5.74) is 6.09. The summed E-state index contributed by atoms with van der Waals surface area (Å²) >= 11 is 0. The van der Waals surface area contributed by atoms with Gasteiger partial charge in [0.15, 0.2) is 0 Å². The van der Waals surface area contributed by atoms with Crippen molar-refractivity contribution < 1.29 is 0 Å². The molecule has 0 amide bonds. The van der Waals surface area contributed by atoms with Crippen molar-refractivity contribution in [2.45, 2.75) is 20.3 Å². The first-order chi connectivity index (χ1) is 10.3. The molecule has 0 fully saturated rings. The number of hydrogen-bond donors (Lipinski definition) is 0. The lowest BCUT2D eigenvalue weighted by Crippen LogP contribution is -1.96. The van der Waals surface area contributed by atoms with E-state index in [1.165, 1.54) is 5.56 Å². The van der Waals surface area contributed by atoms with Gasteiger partial charge < -0.3 is 0 Å². The Labute approximate surface area is 124 Å². The highest BCUT2D eigenvalue weighted by Crippen LogP contribution is 2.26. The summed E-state index contributed by atoms with van der Waals surface area (Å²) < 4.78 is 0. The van der Waals surface area contributed by atoms with Gasteiger partial charge in [-0.05, 0) is 31.0 Å². The summed E-state index contributed by atoms with van der Waals surface area (Å²) in [6.45, 7) is 3.98. The Morgan fingerprint density at radius 1 is 1.10 bits per heavy atom. The van der Waals surface area contributed by atoms with Gasteiger partial charge in [-0.15, -0.1) is 5.92 Å². The largest absolute Gasteiger partial charge is 0.255 e. The van der Waals surface area contributed by atoms with E-state index in [4.69, 9.17) is 4.98 Å². The third-order valence-corrected chi connectivity index (χ3v) is 3.48. The van der Waals surface area contributed by atoms with Gasteiger partial charge in [0.05, 0.1) is 16.8 Å². The van der Waals surface area contributed by atoms with Crippen LogP contribution in [0.5, 0.6) is 0 Å². The summed E-state index contributed by atoms with van der Waals surface area (Å²) in [5.74, 6) is 6.06. The predicted octanol–water partition coefficient (Wildman–Crippen LogP) is 4.23. The third kappa shape index (κ3) is 2.51. The van der Waals surface area contributed by atoms with Crippen molar-refractivity contribution in [1.82, 2.24) is 9.97 Å². The van der Waals surface area contributed by atoms with Crippen molar-refractivity contribution >= 4 is 11.0 Å². The summed E-state index contributed by atoms with van der Waals surface area (Å²) in [7, 11) is 0. The van der Waals surface area contributed by atoms with Crippen LogP contribution in [0.25, 0.3) is 22.3 Å². The van der Waals surface area contributed by atoms with Gasteiger partial charge in [0.1, 0.15) is 5.52 Å². The zero-order valence-corrected chi connectivity index (χ0v) is 12.2. The lowest BCUT2D eigenvalue weighted by atomic mass is 10.0. The minimum atomic E-state index is 0.878. The van der Waals surface area contributed by atoms with Crippen LogP contribution in [0.3, 0.4) is 0 Å². The highest BCUT2D eigenvalue weighted by atomic mass is 14.8. The SMILES string of the molecule is CC#Cc1ccnc2cc(CC)c(-c3ccccc3)nc12. The van der Waals surface area contributed by atoms with E-state index < -0.39 is 0 Å². The molecular formula is C19H16N2. The molecule has 0 N–H and O–H groups in total. The Bertz CT molecular complexity index is 840. The van der Waals surface area contributed by atoms with E-state index in [9.17, 15) is 0 Å². The van der Waals surface area contributed by atoms with Crippen LogP contribution in [0.2, 0.25) is 0 Å².